The average Bonchev–Trinajstić information content (AvgIpc) is 2.40. The second-order valence-electron chi connectivity index (χ2n) is 7.05. The Kier molecular flexibility index (Phi) is 2.90. The molecule has 0 aliphatic carbocycles. The molecule has 3 nitrogen and oxygen atoms in total. The van der Waals surface area contributed by atoms with Crippen LogP contribution in [0, 0.1) is 11.8 Å². The van der Waals surface area contributed by atoms with Gasteiger partial charge in [-0.2, -0.15) is 0 Å². The number of aliphatic hydroxyl groups is 1. The Morgan fingerprint density at radius 3 is 2.44 bits per heavy atom. The van der Waals surface area contributed by atoms with Crippen molar-refractivity contribution in [1.29, 1.82) is 0 Å². The summed E-state index contributed by atoms with van der Waals surface area (Å²) < 4.78 is 0. The van der Waals surface area contributed by atoms with Gasteiger partial charge >= 0.3 is 0 Å². The number of aliphatic hydroxyl groups excluding tert-OH is 1. The van der Waals surface area contributed by atoms with Crippen LogP contribution in [0.1, 0.15) is 38.5 Å². The molecule has 4 aliphatic heterocycles. The summed E-state index contributed by atoms with van der Waals surface area (Å²) in [5.74, 6) is 1.77. The molecular weight excluding hydrogens is 224 g/mol. The lowest BCUT2D eigenvalue weighted by Gasteiger charge is -2.57. The first-order chi connectivity index (χ1) is 8.81. The van der Waals surface area contributed by atoms with Gasteiger partial charge in [0.15, 0.2) is 0 Å². The fraction of sp³-hybridized carbons (Fsp3) is 1.00. The van der Waals surface area contributed by atoms with Gasteiger partial charge in [-0.3, -0.25) is 9.80 Å². The smallest absolute Gasteiger partial charge is 0.0567 e. The van der Waals surface area contributed by atoms with Crippen LogP contribution in [0.15, 0.2) is 0 Å². The lowest BCUT2D eigenvalue weighted by Crippen LogP contribution is -2.64. The van der Waals surface area contributed by atoms with Crippen LogP contribution in [0.5, 0.6) is 0 Å². The molecule has 4 rings (SSSR count). The highest BCUT2D eigenvalue weighted by molar-refractivity contribution is 5.01. The van der Waals surface area contributed by atoms with Crippen LogP contribution in [0.3, 0.4) is 0 Å². The third kappa shape index (κ3) is 1.83. The van der Waals surface area contributed by atoms with E-state index in [0.29, 0.717) is 6.04 Å². The molecule has 102 valence electrons. The van der Waals surface area contributed by atoms with Crippen molar-refractivity contribution in [3.63, 3.8) is 0 Å². The number of hydrogen-bond acceptors (Lipinski definition) is 3. The molecule has 3 heteroatoms. The Morgan fingerprint density at radius 2 is 1.56 bits per heavy atom. The molecule has 0 amide bonds. The number of piperidine rings is 4. The van der Waals surface area contributed by atoms with Crippen molar-refractivity contribution in [3.8, 4) is 0 Å². The molecule has 4 aliphatic rings. The Hall–Kier alpha value is -0.120. The van der Waals surface area contributed by atoms with Gasteiger partial charge < -0.3 is 5.11 Å². The molecule has 5 atom stereocenters. The van der Waals surface area contributed by atoms with Gasteiger partial charge in [0.05, 0.1) is 6.10 Å². The van der Waals surface area contributed by atoms with E-state index in [1.807, 2.05) is 0 Å². The summed E-state index contributed by atoms with van der Waals surface area (Å²) in [6.45, 7) is 5.11. The van der Waals surface area contributed by atoms with E-state index in [9.17, 15) is 5.11 Å². The van der Waals surface area contributed by atoms with E-state index >= 15 is 0 Å². The van der Waals surface area contributed by atoms with E-state index in [0.717, 1.165) is 37.3 Å². The third-order valence-corrected chi connectivity index (χ3v) is 6.03. The van der Waals surface area contributed by atoms with E-state index in [4.69, 9.17) is 0 Å². The maximum absolute atomic E-state index is 9.94. The molecule has 2 unspecified atom stereocenters. The highest BCUT2D eigenvalue weighted by atomic mass is 16.3. The standard InChI is InChI=1S/C15H26N2O/c18-13-4-6-17-9-11-7-12(15(17)8-13)10-16-5-2-1-3-14(11)16/h11-15,18H,1-10H2/t11?,12?,13-,14-,15+/m0/s1. The number of rotatable bonds is 0. The number of nitrogens with zero attached hydrogens (tertiary/aromatic N) is 2. The maximum Gasteiger partial charge on any atom is 0.0567 e. The summed E-state index contributed by atoms with van der Waals surface area (Å²) in [5.41, 5.74) is 0. The van der Waals surface area contributed by atoms with Crippen molar-refractivity contribution in [2.45, 2.75) is 56.7 Å². The molecule has 4 saturated heterocycles. The summed E-state index contributed by atoms with van der Waals surface area (Å²) in [5, 5.41) is 9.94. The minimum atomic E-state index is -0.0260. The SMILES string of the molecule is O[C@H]1CCN2CC3CC(CN4CCCC[C@@H]34)[C@H]2C1. The van der Waals surface area contributed by atoms with Crippen LogP contribution in [0.25, 0.3) is 0 Å². The summed E-state index contributed by atoms with van der Waals surface area (Å²) in [6.07, 6.45) is 7.76. The normalized spacial score (nSPS) is 49.5. The summed E-state index contributed by atoms with van der Waals surface area (Å²) in [7, 11) is 0. The van der Waals surface area contributed by atoms with Crippen LogP contribution in [-0.4, -0.2) is 59.3 Å². The van der Waals surface area contributed by atoms with Gasteiger partial charge in [0.25, 0.3) is 0 Å². The molecule has 4 fully saturated rings. The minimum absolute atomic E-state index is 0.0260. The molecule has 0 spiro atoms. The number of fused-ring (bicyclic) bond motifs is 6. The van der Waals surface area contributed by atoms with Crippen molar-refractivity contribution >= 4 is 0 Å². The Balaban J connectivity index is 1.55. The second kappa shape index (κ2) is 4.46. The molecule has 18 heavy (non-hydrogen) atoms. The van der Waals surface area contributed by atoms with Crippen molar-refractivity contribution in [3.05, 3.63) is 0 Å². The summed E-state index contributed by atoms with van der Waals surface area (Å²) in [6, 6.07) is 1.58. The second-order valence-corrected chi connectivity index (χ2v) is 7.05. The van der Waals surface area contributed by atoms with Gasteiger partial charge in [-0.05, 0) is 50.5 Å². The Morgan fingerprint density at radius 1 is 0.778 bits per heavy atom. The van der Waals surface area contributed by atoms with Gasteiger partial charge in [-0.25, -0.2) is 0 Å². The zero-order chi connectivity index (χ0) is 12.1. The summed E-state index contributed by atoms with van der Waals surface area (Å²) >= 11 is 0. The lowest BCUT2D eigenvalue weighted by atomic mass is 9.70. The number of hydrogen-bond donors (Lipinski definition) is 1. The quantitative estimate of drug-likeness (QED) is 0.702. The van der Waals surface area contributed by atoms with Crippen molar-refractivity contribution in [2.75, 3.05) is 26.2 Å². The Bertz CT molecular complexity index is 322. The van der Waals surface area contributed by atoms with E-state index in [1.165, 1.54) is 45.3 Å². The molecule has 0 aromatic carbocycles. The largest absolute Gasteiger partial charge is 0.393 e. The zero-order valence-electron chi connectivity index (χ0n) is 11.3. The van der Waals surface area contributed by atoms with Crippen LogP contribution in [-0.2, 0) is 0 Å². The molecule has 0 aromatic heterocycles. The first-order valence-corrected chi connectivity index (χ1v) is 7.97. The van der Waals surface area contributed by atoms with Crippen molar-refractivity contribution in [2.24, 2.45) is 11.8 Å². The molecule has 1 N–H and O–H groups in total. The van der Waals surface area contributed by atoms with Gasteiger partial charge in [-0.1, -0.05) is 6.42 Å². The van der Waals surface area contributed by atoms with E-state index in [2.05, 4.69) is 9.80 Å². The van der Waals surface area contributed by atoms with Gasteiger partial charge in [0, 0.05) is 31.7 Å². The molecule has 0 aromatic rings. The fourth-order valence-electron chi connectivity index (χ4n) is 5.22. The van der Waals surface area contributed by atoms with Crippen molar-refractivity contribution < 1.29 is 5.11 Å². The van der Waals surface area contributed by atoms with E-state index < -0.39 is 0 Å². The van der Waals surface area contributed by atoms with E-state index in [1.54, 1.807) is 0 Å². The van der Waals surface area contributed by atoms with Gasteiger partial charge in [0.2, 0.25) is 0 Å². The summed E-state index contributed by atoms with van der Waals surface area (Å²) in [4.78, 5) is 5.51. The van der Waals surface area contributed by atoms with Crippen molar-refractivity contribution in [1.82, 2.24) is 9.80 Å². The predicted molar refractivity (Wildman–Crippen MR) is 71.4 cm³/mol. The molecule has 0 radical (unpaired) electrons. The first-order valence-electron chi connectivity index (χ1n) is 7.97. The Labute approximate surface area is 110 Å². The molecular formula is C15H26N2O. The van der Waals surface area contributed by atoms with Gasteiger partial charge in [0.1, 0.15) is 0 Å². The van der Waals surface area contributed by atoms with Crippen LogP contribution in [0.2, 0.25) is 0 Å². The third-order valence-electron chi connectivity index (χ3n) is 6.03. The topological polar surface area (TPSA) is 26.7 Å². The monoisotopic (exact) mass is 250 g/mol. The van der Waals surface area contributed by atoms with Crippen LogP contribution < -0.4 is 0 Å². The minimum Gasteiger partial charge on any atom is -0.393 e. The average molecular weight is 250 g/mol. The maximum atomic E-state index is 9.94. The predicted octanol–water partition coefficient (Wildman–Crippen LogP) is 1.32. The molecule has 0 saturated carbocycles. The highest BCUT2D eigenvalue weighted by Gasteiger charge is 2.47. The highest BCUT2D eigenvalue weighted by Crippen LogP contribution is 2.42. The molecule has 4 heterocycles. The van der Waals surface area contributed by atoms with Crippen LogP contribution in [0.4, 0.5) is 0 Å². The molecule has 2 bridgehead atoms. The lowest BCUT2D eigenvalue weighted by molar-refractivity contribution is -0.0900. The first kappa shape index (κ1) is 11.7. The zero-order valence-corrected chi connectivity index (χ0v) is 11.3. The van der Waals surface area contributed by atoms with Gasteiger partial charge in [-0.15, -0.1) is 0 Å². The van der Waals surface area contributed by atoms with Crippen LogP contribution >= 0.6 is 0 Å². The fourth-order valence-corrected chi connectivity index (χ4v) is 5.22. The van der Waals surface area contributed by atoms with E-state index in [-0.39, 0.29) is 6.10 Å².